The van der Waals surface area contributed by atoms with Crippen LogP contribution in [0.1, 0.15) is 26.2 Å². The van der Waals surface area contributed by atoms with Crippen molar-refractivity contribution in [3.8, 4) is 0 Å². The van der Waals surface area contributed by atoms with Crippen molar-refractivity contribution in [2.75, 3.05) is 0 Å². The molecule has 0 saturated carbocycles. The van der Waals surface area contributed by atoms with Crippen molar-refractivity contribution in [1.29, 1.82) is 0 Å². The molecule has 0 atom stereocenters. The molecule has 1 radical (unpaired) electrons. The van der Waals surface area contributed by atoms with E-state index in [-0.39, 0.29) is 0 Å². The summed E-state index contributed by atoms with van der Waals surface area (Å²) in [5, 5.41) is 0. The molecule has 0 aromatic heterocycles. The van der Waals surface area contributed by atoms with Crippen LogP contribution in [0.15, 0.2) is 12.2 Å². The maximum Gasteiger partial charge on any atom is 0.0887 e. The van der Waals surface area contributed by atoms with Gasteiger partial charge in [-0.3, -0.25) is 0 Å². The van der Waals surface area contributed by atoms with Crippen LogP contribution in [-0.4, -0.2) is 0 Å². The number of hydrogen-bond donors (Lipinski definition) is 0. The highest BCUT2D eigenvalue weighted by atomic mass is 13.9. The Hall–Kier alpha value is -0.390. The summed E-state index contributed by atoms with van der Waals surface area (Å²) in [6.45, 7) is 9.68. The molecular weight excluding hydrogens is 96.1 g/mol. The lowest BCUT2D eigenvalue weighted by atomic mass is 10.1. The second-order valence-corrected chi connectivity index (χ2v) is 1.87. The van der Waals surface area contributed by atoms with Gasteiger partial charge in [-0.05, 0) is 12.8 Å². The molecule has 8 heavy (non-hydrogen) atoms. The molecule has 0 spiro atoms. The van der Waals surface area contributed by atoms with E-state index < -0.39 is 0 Å². The third-order valence-electron chi connectivity index (χ3n) is 0.991. The van der Waals surface area contributed by atoms with Gasteiger partial charge in [-0.25, -0.2) is 0 Å². The van der Waals surface area contributed by atoms with Crippen LogP contribution in [-0.2, 0) is 0 Å². The van der Waals surface area contributed by atoms with E-state index in [2.05, 4.69) is 26.8 Å². The molecular formula is C8H14+. The van der Waals surface area contributed by atoms with E-state index in [0.717, 1.165) is 19.3 Å². The molecule has 45 valence electrons. The SMILES string of the molecule is C=C([CH]CC)CC[CH2+]. The standard InChI is InChI=1S/C8H14/c1-4-6-8(3)7-5-2/h7H,1,3-6H2,2H3/q+1. The Labute approximate surface area is 52.6 Å². The van der Waals surface area contributed by atoms with E-state index in [1.54, 1.807) is 0 Å². The van der Waals surface area contributed by atoms with E-state index in [1.807, 2.05) is 0 Å². The highest BCUT2D eigenvalue weighted by Gasteiger charge is 1.91. The first-order chi connectivity index (χ1) is 3.81. The molecule has 0 saturated heterocycles. The molecule has 0 aromatic carbocycles. The lowest BCUT2D eigenvalue weighted by Gasteiger charge is -1.94. The van der Waals surface area contributed by atoms with Crippen LogP contribution in [0.25, 0.3) is 0 Å². The predicted molar refractivity (Wildman–Crippen MR) is 38.3 cm³/mol. The Morgan fingerprint density at radius 2 is 2.38 bits per heavy atom. The van der Waals surface area contributed by atoms with Gasteiger partial charge in [0, 0.05) is 6.42 Å². The van der Waals surface area contributed by atoms with Gasteiger partial charge in [0.05, 0.1) is 13.3 Å². The molecule has 0 aliphatic rings. The Bertz CT molecular complexity index is 54.4. The average molecular weight is 110 g/mol. The van der Waals surface area contributed by atoms with Gasteiger partial charge >= 0.3 is 0 Å². The van der Waals surface area contributed by atoms with Gasteiger partial charge < -0.3 is 0 Å². The second kappa shape index (κ2) is 4.76. The molecule has 0 unspecified atom stereocenters. The maximum atomic E-state index is 3.84. The number of hydrogen-bond acceptors (Lipinski definition) is 0. The zero-order valence-corrected chi connectivity index (χ0v) is 5.61. The lowest BCUT2D eigenvalue weighted by molar-refractivity contribution is 0.952. The van der Waals surface area contributed by atoms with Crippen molar-refractivity contribution in [3.63, 3.8) is 0 Å². The molecule has 0 aromatic rings. The molecule has 0 heterocycles. The minimum Gasteiger partial charge on any atom is -0.0994 e. The highest BCUT2D eigenvalue weighted by Crippen LogP contribution is 2.06. The first-order valence-corrected chi connectivity index (χ1v) is 3.11. The van der Waals surface area contributed by atoms with Crippen molar-refractivity contribution >= 4 is 0 Å². The van der Waals surface area contributed by atoms with E-state index in [9.17, 15) is 0 Å². The fourth-order valence-electron chi connectivity index (χ4n) is 0.618. The summed E-state index contributed by atoms with van der Waals surface area (Å²) >= 11 is 0. The fourth-order valence-corrected chi connectivity index (χ4v) is 0.618. The third kappa shape index (κ3) is 3.79. The molecule has 0 N–H and O–H groups in total. The number of allylic oxidation sites excluding steroid dienone is 1. The highest BCUT2D eigenvalue weighted by molar-refractivity contribution is 5.06. The van der Waals surface area contributed by atoms with Gasteiger partial charge in [0.25, 0.3) is 0 Å². The molecule has 0 heteroatoms. The molecule has 0 amide bonds. The average Bonchev–Trinajstić information content (AvgIpc) is 1.68. The second-order valence-electron chi connectivity index (χ2n) is 1.87. The zero-order chi connectivity index (χ0) is 6.41. The first kappa shape index (κ1) is 7.61. The van der Waals surface area contributed by atoms with Gasteiger partial charge in [0.1, 0.15) is 0 Å². The first-order valence-electron chi connectivity index (χ1n) is 3.11. The van der Waals surface area contributed by atoms with Gasteiger partial charge in [-0.15, -0.1) is 0 Å². The Morgan fingerprint density at radius 3 is 2.75 bits per heavy atom. The summed E-state index contributed by atoms with van der Waals surface area (Å²) < 4.78 is 0. The molecule has 0 aliphatic heterocycles. The van der Waals surface area contributed by atoms with Gasteiger partial charge in [-0.2, -0.15) is 0 Å². The third-order valence-corrected chi connectivity index (χ3v) is 0.991. The Morgan fingerprint density at radius 1 is 1.75 bits per heavy atom. The normalized spacial score (nSPS) is 9.12. The van der Waals surface area contributed by atoms with Crippen molar-refractivity contribution < 1.29 is 0 Å². The number of rotatable bonds is 4. The predicted octanol–water partition coefficient (Wildman–Crippen LogP) is 2.77. The van der Waals surface area contributed by atoms with Crippen LogP contribution in [0, 0.1) is 13.3 Å². The summed E-state index contributed by atoms with van der Waals surface area (Å²) in [5.41, 5.74) is 1.22. The van der Waals surface area contributed by atoms with Crippen molar-refractivity contribution in [1.82, 2.24) is 0 Å². The molecule has 0 bridgehead atoms. The Kier molecular flexibility index (Phi) is 4.53. The van der Waals surface area contributed by atoms with Crippen molar-refractivity contribution in [3.05, 3.63) is 25.5 Å². The lowest BCUT2D eigenvalue weighted by Crippen LogP contribution is -1.79. The fraction of sp³-hybridized carbons (Fsp3) is 0.500. The van der Waals surface area contributed by atoms with Crippen LogP contribution >= 0.6 is 0 Å². The van der Waals surface area contributed by atoms with Gasteiger partial charge in [0.15, 0.2) is 0 Å². The monoisotopic (exact) mass is 110 g/mol. The van der Waals surface area contributed by atoms with Gasteiger partial charge in [-0.1, -0.05) is 19.1 Å². The van der Waals surface area contributed by atoms with Crippen LogP contribution < -0.4 is 0 Å². The van der Waals surface area contributed by atoms with Crippen LogP contribution in [0.2, 0.25) is 0 Å². The molecule has 0 aliphatic carbocycles. The summed E-state index contributed by atoms with van der Waals surface area (Å²) in [6.07, 6.45) is 5.26. The quantitative estimate of drug-likeness (QED) is 0.488. The van der Waals surface area contributed by atoms with Crippen LogP contribution in [0.3, 0.4) is 0 Å². The molecule has 0 fully saturated rings. The Balaban J connectivity index is 3.06. The van der Waals surface area contributed by atoms with Gasteiger partial charge in [0.2, 0.25) is 0 Å². The largest absolute Gasteiger partial charge is 0.0994 e. The van der Waals surface area contributed by atoms with Crippen LogP contribution in [0.4, 0.5) is 0 Å². The topological polar surface area (TPSA) is 0 Å². The van der Waals surface area contributed by atoms with E-state index in [4.69, 9.17) is 0 Å². The minimum absolute atomic E-state index is 0.968. The van der Waals surface area contributed by atoms with E-state index >= 15 is 0 Å². The summed E-state index contributed by atoms with van der Waals surface area (Å²) in [5.74, 6) is 0. The smallest absolute Gasteiger partial charge is 0.0887 e. The molecule has 0 rings (SSSR count). The van der Waals surface area contributed by atoms with Crippen molar-refractivity contribution in [2.24, 2.45) is 0 Å². The van der Waals surface area contributed by atoms with Crippen LogP contribution in [0.5, 0.6) is 0 Å². The van der Waals surface area contributed by atoms with E-state index in [0.29, 0.717) is 0 Å². The maximum absolute atomic E-state index is 3.84. The van der Waals surface area contributed by atoms with E-state index in [1.165, 1.54) is 5.57 Å². The summed E-state index contributed by atoms with van der Waals surface area (Å²) in [6, 6.07) is 0. The summed E-state index contributed by atoms with van der Waals surface area (Å²) in [4.78, 5) is 0. The van der Waals surface area contributed by atoms with Crippen molar-refractivity contribution in [2.45, 2.75) is 26.2 Å². The molecule has 0 nitrogen and oxygen atoms in total. The minimum atomic E-state index is 0.968. The summed E-state index contributed by atoms with van der Waals surface area (Å²) in [7, 11) is 0. The zero-order valence-electron chi connectivity index (χ0n) is 5.61.